The first kappa shape index (κ1) is 16.6. The van der Waals surface area contributed by atoms with E-state index in [1.165, 1.54) is 5.56 Å². The van der Waals surface area contributed by atoms with Crippen LogP contribution in [0.15, 0.2) is 36.5 Å². The molecule has 6 heteroatoms. The maximum atomic E-state index is 13.1. The lowest BCUT2D eigenvalue weighted by atomic mass is 10.2. The van der Waals surface area contributed by atoms with Crippen LogP contribution in [0, 0.1) is 6.92 Å². The molecule has 1 aliphatic rings. The molecule has 0 aliphatic carbocycles. The molecule has 0 saturated carbocycles. The van der Waals surface area contributed by atoms with Crippen molar-refractivity contribution >= 4 is 22.6 Å². The van der Waals surface area contributed by atoms with Gasteiger partial charge in [0, 0.05) is 32.5 Å². The minimum atomic E-state index is -0.0344. The lowest BCUT2D eigenvalue weighted by Crippen LogP contribution is -2.31. The van der Waals surface area contributed by atoms with E-state index in [1.54, 1.807) is 6.20 Å². The number of fused-ring (bicyclic) bond motifs is 1. The molecule has 1 saturated heterocycles. The van der Waals surface area contributed by atoms with E-state index in [0.29, 0.717) is 5.69 Å². The summed E-state index contributed by atoms with van der Waals surface area (Å²) >= 11 is 0. The summed E-state index contributed by atoms with van der Waals surface area (Å²) in [5.41, 5.74) is 4.61. The Kier molecular flexibility index (Phi) is 4.11. The van der Waals surface area contributed by atoms with Crippen LogP contribution in [0.5, 0.6) is 0 Å². The van der Waals surface area contributed by atoms with Crippen LogP contribution in [0.1, 0.15) is 40.8 Å². The fourth-order valence-corrected chi connectivity index (χ4v) is 3.56. The number of imidazole rings is 1. The number of likely N-dealkylation sites (tertiary alicyclic amines) is 1. The highest BCUT2D eigenvalue weighted by atomic mass is 16.2. The standard InChI is InChI=1S/C20H23N5O/c1-13-6-7-15-16(11-13)23-19(22-15)18-5-4-10-25(18)20(26)17-12-14(24(2)3)8-9-21-17/h6-9,11-12,18H,4-5,10H2,1-3H3,(H,22,23). The van der Waals surface area contributed by atoms with Crippen LogP contribution in [-0.4, -0.2) is 46.4 Å². The second-order valence-electron chi connectivity index (χ2n) is 7.09. The number of nitrogens with zero attached hydrogens (tertiary/aromatic N) is 4. The Labute approximate surface area is 152 Å². The Balaban J connectivity index is 1.65. The highest BCUT2D eigenvalue weighted by molar-refractivity contribution is 5.93. The number of rotatable bonds is 3. The molecule has 0 spiro atoms. The summed E-state index contributed by atoms with van der Waals surface area (Å²) in [5.74, 6) is 0.827. The first-order valence-electron chi connectivity index (χ1n) is 8.93. The van der Waals surface area contributed by atoms with Crippen molar-refractivity contribution in [1.82, 2.24) is 19.9 Å². The third-order valence-electron chi connectivity index (χ3n) is 4.96. The lowest BCUT2D eigenvalue weighted by Gasteiger charge is -2.23. The van der Waals surface area contributed by atoms with Gasteiger partial charge in [0.1, 0.15) is 11.5 Å². The maximum absolute atomic E-state index is 13.1. The zero-order valence-corrected chi connectivity index (χ0v) is 15.4. The second-order valence-corrected chi connectivity index (χ2v) is 7.09. The number of H-pyrrole nitrogens is 1. The van der Waals surface area contributed by atoms with Crippen LogP contribution in [0.3, 0.4) is 0 Å². The summed E-state index contributed by atoms with van der Waals surface area (Å²) < 4.78 is 0. The Bertz CT molecular complexity index is 962. The summed E-state index contributed by atoms with van der Waals surface area (Å²) in [7, 11) is 3.91. The average Bonchev–Trinajstić information content (AvgIpc) is 3.27. The van der Waals surface area contributed by atoms with E-state index in [9.17, 15) is 4.79 Å². The summed E-state index contributed by atoms with van der Waals surface area (Å²) in [6.07, 6.45) is 3.58. The average molecular weight is 349 g/mol. The van der Waals surface area contributed by atoms with Gasteiger partial charge in [-0.1, -0.05) is 6.07 Å². The van der Waals surface area contributed by atoms with Gasteiger partial charge in [-0.2, -0.15) is 0 Å². The molecule has 1 aromatic carbocycles. The fourth-order valence-electron chi connectivity index (χ4n) is 3.56. The molecule has 1 aliphatic heterocycles. The first-order valence-corrected chi connectivity index (χ1v) is 8.93. The van der Waals surface area contributed by atoms with E-state index >= 15 is 0 Å². The fraction of sp³-hybridized carbons (Fsp3) is 0.350. The molecule has 1 fully saturated rings. The van der Waals surface area contributed by atoms with Crippen molar-refractivity contribution in [2.24, 2.45) is 0 Å². The third-order valence-corrected chi connectivity index (χ3v) is 4.96. The molecular weight excluding hydrogens is 326 g/mol. The van der Waals surface area contributed by atoms with Crippen LogP contribution >= 0.6 is 0 Å². The molecule has 1 N–H and O–H groups in total. The Hall–Kier alpha value is -2.89. The molecule has 0 radical (unpaired) electrons. The number of hydrogen-bond acceptors (Lipinski definition) is 4. The molecule has 1 unspecified atom stereocenters. The summed E-state index contributed by atoms with van der Waals surface area (Å²) in [6, 6.07) is 9.89. The quantitative estimate of drug-likeness (QED) is 0.788. The van der Waals surface area contributed by atoms with Crippen LogP contribution in [0.2, 0.25) is 0 Å². The van der Waals surface area contributed by atoms with Crippen LogP contribution in [0.25, 0.3) is 11.0 Å². The predicted octanol–water partition coefficient (Wildman–Crippen LogP) is 3.31. The molecule has 0 bridgehead atoms. The van der Waals surface area contributed by atoms with Gasteiger partial charge in [0.15, 0.2) is 0 Å². The number of pyridine rings is 1. The van der Waals surface area contributed by atoms with Crippen LogP contribution < -0.4 is 4.90 Å². The zero-order valence-electron chi connectivity index (χ0n) is 15.4. The molecule has 3 aromatic rings. The molecule has 26 heavy (non-hydrogen) atoms. The first-order chi connectivity index (χ1) is 12.5. The molecule has 134 valence electrons. The van der Waals surface area contributed by atoms with Gasteiger partial charge in [0.05, 0.1) is 17.1 Å². The number of carbonyl (C=O) groups excluding carboxylic acids is 1. The Morgan fingerprint density at radius 2 is 2.12 bits per heavy atom. The molecule has 3 heterocycles. The molecule has 6 nitrogen and oxygen atoms in total. The Morgan fingerprint density at radius 1 is 1.27 bits per heavy atom. The number of hydrogen-bond donors (Lipinski definition) is 1. The van der Waals surface area contributed by atoms with E-state index in [0.717, 1.165) is 41.9 Å². The number of nitrogens with one attached hydrogen (secondary N) is 1. The summed E-state index contributed by atoms with van der Waals surface area (Å²) in [5, 5.41) is 0. The van der Waals surface area contributed by atoms with Gasteiger partial charge < -0.3 is 14.8 Å². The van der Waals surface area contributed by atoms with E-state index in [4.69, 9.17) is 4.98 Å². The van der Waals surface area contributed by atoms with Crippen molar-refractivity contribution in [1.29, 1.82) is 0 Å². The normalized spacial score (nSPS) is 17.0. The number of aromatic nitrogens is 3. The van der Waals surface area contributed by atoms with Gasteiger partial charge in [-0.25, -0.2) is 4.98 Å². The summed E-state index contributed by atoms with van der Waals surface area (Å²) in [6.45, 7) is 2.79. The van der Waals surface area contributed by atoms with Crippen molar-refractivity contribution in [2.75, 3.05) is 25.5 Å². The van der Waals surface area contributed by atoms with Gasteiger partial charge in [-0.3, -0.25) is 9.78 Å². The number of carbonyl (C=O) groups is 1. The highest BCUT2D eigenvalue weighted by Crippen LogP contribution is 2.32. The largest absolute Gasteiger partial charge is 0.378 e. The molecule has 1 atom stereocenters. The number of anilines is 1. The van der Waals surface area contributed by atoms with Crippen molar-refractivity contribution in [3.8, 4) is 0 Å². The summed E-state index contributed by atoms with van der Waals surface area (Å²) in [4.78, 5) is 29.4. The van der Waals surface area contributed by atoms with Gasteiger partial charge in [0.25, 0.3) is 5.91 Å². The van der Waals surface area contributed by atoms with Gasteiger partial charge in [-0.05, 0) is 49.6 Å². The van der Waals surface area contributed by atoms with Gasteiger partial charge in [0.2, 0.25) is 0 Å². The van der Waals surface area contributed by atoms with E-state index in [1.807, 2.05) is 42.1 Å². The van der Waals surface area contributed by atoms with E-state index < -0.39 is 0 Å². The molecule has 1 amide bonds. The minimum Gasteiger partial charge on any atom is -0.378 e. The van der Waals surface area contributed by atoms with Crippen LogP contribution in [0.4, 0.5) is 5.69 Å². The molecule has 2 aromatic heterocycles. The topological polar surface area (TPSA) is 65.1 Å². The smallest absolute Gasteiger partial charge is 0.273 e. The van der Waals surface area contributed by atoms with Gasteiger partial charge >= 0.3 is 0 Å². The number of aromatic amines is 1. The molecule has 4 rings (SSSR count). The number of amides is 1. The minimum absolute atomic E-state index is 0.0278. The van der Waals surface area contributed by atoms with Crippen LogP contribution in [-0.2, 0) is 0 Å². The van der Waals surface area contributed by atoms with Crippen molar-refractivity contribution < 1.29 is 4.79 Å². The zero-order chi connectivity index (χ0) is 18.3. The SMILES string of the molecule is Cc1ccc2nc(C3CCCN3C(=O)c3cc(N(C)C)ccn3)[nH]c2c1. The van der Waals surface area contributed by atoms with Crippen molar-refractivity contribution in [3.63, 3.8) is 0 Å². The Morgan fingerprint density at radius 3 is 2.92 bits per heavy atom. The predicted molar refractivity (Wildman–Crippen MR) is 102 cm³/mol. The highest BCUT2D eigenvalue weighted by Gasteiger charge is 2.33. The van der Waals surface area contributed by atoms with Crippen molar-refractivity contribution in [2.45, 2.75) is 25.8 Å². The lowest BCUT2D eigenvalue weighted by molar-refractivity contribution is 0.0724. The van der Waals surface area contributed by atoms with E-state index in [-0.39, 0.29) is 11.9 Å². The van der Waals surface area contributed by atoms with Gasteiger partial charge in [-0.15, -0.1) is 0 Å². The van der Waals surface area contributed by atoms with E-state index in [2.05, 4.69) is 29.0 Å². The molecular formula is C20H23N5O. The number of benzene rings is 1. The monoisotopic (exact) mass is 349 g/mol. The third kappa shape index (κ3) is 2.92. The van der Waals surface area contributed by atoms with Crippen molar-refractivity contribution in [3.05, 3.63) is 53.6 Å². The number of aryl methyl sites for hydroxylation is 1. The maximum Gasteiger partial charge on any atom is 0.273 e. The second kappa shape index (κ2) is 6.44.